The van der Waals surface area contributed by atoms with Crippen LogP contribution in [0.1, 0.15) is 58.3 Å². The molecule has 2 aliphatic heterocycles. The van der Waals surface area contributed by atoms with E-state index in [4.69, 9.17) is 37.9 Å². The summed E-state index contributed by atoms with van der Waals surface area (Å²) in [5.41, 5.74) is 6.84. The number of hydrogen-bond donors (Lipinski definition) is 4. The summed E-state index contributed by atoms with van der Waals surface area (Å²) in [6.07, 6.45) is 2.76. The Morgan fingerprint density at radius 2 is 1.68 bits per heavy atom. The van der Waals surface area contributed by atoms with Crippen LogP contribution in [0.4, 0.5) is 5.69 Å². The summed E-state index contributed by atoms with van der Waals surface area (Å²) < 4.78 is 12.3. The Labute approximate surface area is 355 Å². The molecule has 0 bridgehead atoms. The summed E-state index contributed by atoms with van der Waals surface area (Å²) in [6.45, 7) is 2.55. The highest BCUT2D eigenvalue weighted by Gasteiger charge is 2.39. The number of nitrogens with one attached hydrogen (secondary N) is 3. The van der Waals surface area contributed by atoms with Crippen molar-refractivity contribution in [3.63, 3.8) is 0 Å². The van der Waals surface area contributed by atoms with Crippen molar-refractivity contribution < 1.29 is 29.0 Å². The first-order valence-corrected chi connectivity index (χ1v) is 20.0. The number of aromatic nitrogens is 2. The number of H-pyrrole nitrogens is 1. The van der Waals surface area contributed by atoms with Crippen molar-refractivity contribution in [3.05, 3.63) is 165 Å². The maximum absolute atomic E-state index is 14.2. The van der Waals surface area contributed by atoms with E-state index in [9.17, 15) is 19.5 Å². The molecule has 0 fully saturated rings. The highest BCUT2D eigenvalue weighted by Crippen LogP contribution is 2.41. The number of nitrogens with zero attached hydrogens (tertiary/aromatic N) is 3. The Bertz CT molecular complexity index is 2600. The molecule has 60 heavy (non-hydrogen) atoms. The number of amides is 2. The van der Waals surface area contributed by atoms with Crippen LogP contribution in [0, 0.1) is 11.3 Å². The van der Waals surface area contributed by atoms with Gasteiger partial charge in [0.05, 0.1) is 39.4 Å². The highest BCUT2D eigenvalue weighted by atomic mass is 35.5. The minimum Gasteiger partial charge on any atom is -0.489 e. The van der Waals surface area contributed by atoms with E-state index in [0.717, 1.165) is 33.4 Å². The molecule has 6 aromatic rings. The third-order valence-electron chi connectivity index (χ3n) is 10.9. The summed E-state index contributed by atoms with van der Waals surface area (Å²) in [5, 5.41) is 26.1. The van der Waals surface area contributed by atoms with Crippen molar-refractivity contribution in [2.24, 2.45) is 0 Å². The predicted octanol–water partition coefficient (Wildman–Crippen LogP) is 8.21. The van der Waals surface area contributed by atoms with Gasteiger partial charge in [-0.15, -0.1) is 0 Å². The van der Waals surface area contributed by atoms with Crippen molar-refractivity contribution in [2.75, 3.05) is 5.32 Å². The number of carboxylic acids is 1. The molecule has 5 aromatic carbocycles. The van der Waals surface area contributed by atoms with Gasteiger partial charge < -0.3 is 30.2 Å². The monoisotopic (exact) mass is 840 g/mol. The molecule has 4 atom stereocenters. The lowest BCUT2D eigenvalue weighted by atomic mass is 9.90. The Morgan fingerprint density at radius 1 is 0.967 bits per heavy atom. The topological polar surface area (TPSA) is 170 Å². The number of fused-ring (bicyclic) bond motifs is 2. The lowest BCUT2D eigenvalue weighted by Crippen LogP contribution is -2.55. The molecular formula is C46H38Cl2N6O6. The number of ether oxygens (including phenoxy) is 2. The quantitative estimate of drug-likeness (QED) is 0.0949. The number of aromatic amines is 1. The van der Waals surface area contributed by atoms with Crippen molar-refractivity contribution in [1.29, 1.82) is 5.26 Å². The number of halogens is 2. The molecule has 12 nitrogen and oxygen atoms in total. The number of nitriles is 1. The number of aliphatic carboxylic acids is 1. The van der Waals surface area contributed by atoms with Gasteiger partial charge in [-0.2, -0.15) is 5.26 Å². The molecule has 4 N–H and O–H groups in total. The molecule has 0 saturated heterocycles. The molecule has 4 unspecified atom stereocenters. The van der Waals surface area contributed by atoms with Crippen LogP contribution in [0.5, 0.6) is 11.5 Å². The number of carbonyl (C=O) groups excluding carboxylic acids is 2. The van der Waals surface area contributed by atoms with Gasteiger partial charge >= 0.3 is 5.97 Å². The maximum Gasteiger partial charge on any atom is 0.326 e. The number of hydrogen-bond acceptors (Lipinski definition) is 8. The zero-order valence-corrected chi connectivity index (χ0v) is 33.7. The van der Waals surface area contributed by atoms with Crippen LogP contribution in [0.15, 0.2) is 116 Å². The van der Waals surface area contributed by atoms with Gasteiger partial charge in [0.15, 0.2) is 0 Å². The van der Waals surface area contributed by atoms with Crippen LogP contribution in [0.3, 0.4) is 0 Å². The predicted molar refractivity (Wildman–Crippen MR) is 226 cm³/mol. The summed E-state index contributed by atoms with van der Waals surface area (Å²) in [4.78, 5) is 49.8. The molecule has 14 heteroatoms. The third kappa shape index (κ3) is 8.70. The Kier molecular flexibility index (Phi) is 11.6. The van der Waals surface area contributed by atoms with Gasteiger partial charge in [-0.25, -0.2) is 9.78 Å². The first-order chi connectivity index (χ1) is 29.0. The van der Waals surface area contributed by atoms with Crippen molar-refractivity contribution in [1.82, 2.24) is 20.2 Å². The van der Waals surface area contributed by atoms with Gasteiger partial charge in [0.25, 0.3) is 5.91 Å². The van der Waals surface area contributed by atoms with Crippen molar-refractivity contribution in [3.8, 4) is 28.7 Å². The van der Waals surface area contributed by atoms with Gasteiger partial charge in [-0.05, 0) is 95.3 Å². The van der Waals surface area contributed by atoms with E-state index in [-0.39, 0.29) is 31.4 Å². The van der Waals surface area contributed by atoms with Gasteiger partial charge in [-0.1, -0.05) is 77.8 Å². The van der Waals surface area contributed by atoms with Crippen LogP contribution < -0.4 is 20.1 Å². The molecule has 0 radical (unpaired) electrons. The fraction of sp³-hybridized carbons (Fsp3) is 0.196. The minimum absolute atomic E-state index is 0.0678. The van der Waals surface area contributed by atoms with E-state index in [1.807, 2.05) is 66.4 Å². The average molecular weight is 842 g/mol. The fourth-order valence-corrected chi connectivity index (χ4v) is 7.87. The van der Waals surface area contributed by atoms with Crippen LogP contribution in [-0.4, -0.2) is 49.8 Å². The lowest BCUT2D eigenvalue weighted by Gasteiger charge is -2.40. The largest absolute Gasteiger partial charge is 0.489 e. The van der Waals surface area contributed by atoms with Gasteiger partial charge in [-0.3, -0.25) is 14.5 Å². The third-order valence-corrected chi connectivity index (χ3v) is 11.6. The first-order valence-electron chi connectivity index (χ1n) is 19.2. The molecule has 0 aliphatic carbocycles. The van der Waals surface area contributed by atoms with Gasteiger partial charge in [0.2, 0.25) is 12.0 Å². The molecule has 8 rings (SSSR count). The van der Waals surface area contributed by atoms with Crippen molar-refractivity contribution in [2.45, 2.75) is 57.1 Å². The van der Waals surface area contributed by atoms with E-state index < -0.39 is 30.1 Å². The SMILES string of the molecule is CC(c1ncc[nH]1)N1Cc2cc3c(cc2CC1C(=O)NC(Cc1ccc(-c2ccc(C#N)cc2)cc1)C(=O)O)NC(=O)C(c1ccc(OCc2ccc(Cl)c(Cl)c2)cc1)O3. The number of imidazole rings is 1. The van der Waals surface area contributed by atoms with E-state index in [1.165, 1.54) is 0 Å². The number of carboxylic acid groups (broad SMARTS) is 1. The van der Waals surface area contributed by atoms with E-state index in [1.54, 1.807) is 60.9 Å². The van der Waals surface area contributed by atoms with Crippen LogP contribution in [0.25, 0.3) is 11.1 Å². The summed E-state index contributed by atoms with van der Waals surface area (Å²) in [6, 6.07) is 30.6. The Morgan fingerprint density at radius 3 is 2.35 bits per heavy atom. The molecule has 0 saturated carbocycles. The number of anilines is 1. The second kappa shape index (κ2) is 17.3. The first kappa shape index (κ1) is 40.1. The second-order valence-electron chi connectivity index (χ2n) is 14.7. The summed E-state index contributed by atoms with van der Waals surface area (Å²) in [5.74, 6) is -0.204. The standard InChI is InChI=1S/C46H38Cl2N6O6/c1-26(43-50-16-17-51-43)54-24-34-22-41-38(52-45(56)42(60-41)32-11-13-35(14-12-32)59-25-29-6-15-36(47)37(48)18-29)20-33(34)21-40(54)44(55)53-39(46(57)58)19-27-2-7-30(8-3-27)31-9-4-28(23-49)5-10-31/h2-18,20,22,26,39-40,42H,19,21,24-25H2,1H3,(H,50,51)(H,52,56)(H,53,55)(H,57,58). The van der Waals surface area contributed by atoms with E-state index in [0.29, 0.717) is 50.7 Å². The van der Waals surface area contributed by atoms with Gasteiger partial charge in [0, 0.05) is 30.9 Å². The van der Waals surface area contributed by atoms with E-state index >= 15 is 0 Å². The Balaban J connectivity index is 0.979. The number of carbonyl (C=O) groups is 3. The average Bonchev–Trinajstić information content (AvgIpc) is 3.81. The smallest absolute Gasteiger partial charge is 0.326 e. The second-order valence-corrected chi connectivity index (χ2v) is 15.6. The number of rotatable bonds is 12. The molecule has 3 heterocycles. The maximum atomic E-state index is 14.2. The van der Waals surface area contributed by atoms with Crippen molar-refractivity contribution >= 4 is 46.7 Å². The molecular weight excluding hydrogens is 803 g/mol. The highest BCUT2D eigenvalue weighted by molar-refractivity contribution is 6.42. The zero-order valence-electron chi connectivity index (χ0n) is 32.2. The summed E-state index contributed by atoms with van der Waals surface area (Å²) in [7, 11) is 0. The minimum atomic E-state index is -1.20. The zero-order chi connectivity index (χ0) is 41.9. The molecule has 0 spiro atoms. The van der Waals surface area contributed by atoms with E-state index in [2.05, 4.69) is 26.7 Å². The number of benzene rings is 5. The van der Waals surface area contributed by atoms with Gasteiger partial charge in [0.1, 0.15) is 30.0 Å². The van der Waals surface area contributed by atoms with Crippen LogP contribution in [0.2, 0.25) is 10.0 Å². The normalized spacial score (nSPS) is 16.9. The molecule has 1 aromatic heterocycles. The molecule has 2 amide bonds. The molecule has 2 aliphatic rings. The summed E-state index contributed by atoms with van der Waals surface area (Å²) >= 11 is 12.2. The van der Waals surface area contributed by atoms with Crippen LogP contribution in [-0.2, 0) is 40.4 Å². The Hall–Kier alpha value is -6.65. The molecule has 302 valence electrons. The fourth-order valence-electron chi connectivity index (χ4n) is 7.55. The lowest BCUT2D eigenvalue weighted by molar-refractivity contribution is -0.143. The van der Waals surface area contributed by atoms with Crippen LogP contribution >= 0.6 is 23.2 Å².